The maximum Gasteiger partial charge on any atom is 0.335 e. The van der Waals surface area contributed by atoms with Gasteiger partial charge in [-0.1, -0.05) is 11.6 Å². The van der Waals surface area contributed by atoms with Gasteiger partial charge < -0.3 is 9.67 Å². The van der Waals surface area contributed by atoms with Crippen LogP contribution in [-0.4, -0.2) is 15.6 Å². The van der Waals surface area contributed by atoms with Gasteiger partial charge in [-0.25, -0.2) is 4.79 Å². The lowest BCUT2D eigenvalue weighted by atomic mass is 10.2. The molecule has 0 aliphatic carbocycles. The summed E-state index contributed by atoms with van der Waals surface area (Å²) in [6.07, 6.45) is 0. The number of hydrogen-bond acceptors (Lipinski definition) is 1. The van der Waals surface area contributed by atoms with Gasteiger partial charge in [0, 0.05) is 11.4 Å². The van der Waals surface area contributed by atoms with Gasteiger partial charge in [0.2, 0.25) is 0 Å². The van der Waals surface area contributed by atoms with Crippen LogP contribution in [0.5, 0.6) is 0 Å². The summed E-state index contributed by atoms with van der Waals surface area (Å²) in [5.41, 5.74) is 3.12. The molecule has 0 saturated heterocycles. The molecule has 1 N–H and O–H groups in total. The van der Waals surface area contributed by atoms with E-state index in [1.54, 1.807) is 12.1 Å². The topological polar surface area (TPSA) is 42.2 Å². The Balaban J connectivity index is 2.58. The number of hydrogen-bond donors (Lipinski definition) is 1. The fraction of sp³-hybridized carbons (Fsp3) is 0.154. The first kappa shape index (κ1) is 11.7. The normalized spacial score (nSPS) is 10.5. The minimum absolute atomic E-state index is 0.196. The summed E-state index contributed by atoms with van der Waals surface area (Å²) in [4.78, 5) is 10.8. The predicted octanol–water partition coefficient (Wildman–Crippen LogP) is 3.45. The lowest BCUT2D eigenvalue weighted by Crippen LogP contribution is -2.02. The molecule has 88 valence electrons. The summed E-state index contributed by atoms with van der Waals surface area (Å²) in [7, 11) is 0. The molecule has 2 rings (SSSR count). The van der Waals surface area contributed by atoms with Crippen molar-refractivity contribution in [3.05, 3.63) is 52.3 Å². The molecular formula is C13H12ClNO2. The van der Waals surface area contributed by atoms with E-state index in [-0.39, 0.29) is 5.56 Å². The molecule has 0 saturated carbocycles. The monoisotopic (exact) mass is 249 g/mol. The third kappa shape index (κ3) is 2.06. The van der Waals surface area contributed by atoms with E-state index in [1.807, 2.05) is 30.5 Å². The van der Waals surface area contributed by atoms with Crippen LogP contribution in [0.2, 0.25) is 5.02 Å². The predicted molar refractivity (Wildman–Crippen MR) is 67.2 cm³/mol. The van der Waals surface area contributed by atoms with Crippen molar-refractivity contribution in [2.24, 2.45) is 0 Å². The molecule has 0 aliphatic rings. The van der Waals surface area contributed by atoms with Crippen LogP contribution < -0.4 is 0 Å². The molecular weight excluding hydrogens is 238 g/mol. The van der Waals surface area contributed by atoms with E-state index in [0.717, 1.165) is 17.1 Å². The van der Waals surface area contributed by atoms with Crippen LogP contribution in [0, 0.1) is 13.8 Å². The zero-order valence-electron chi connectivity index (χ0n) is 9.57. The Hall–Kier alpha value is -1.74. The zero-order valence-corrected chi connectivity index (χ0v) is 10.3. The average Bonchev–Trinajstić information content (AvgIpc) is 2.59. The van der Waals surface area contributed by atoms with Gasteiger partial charge in [0.15, 0.2) is 0 Å². The number of aromatic carboxylic acids is 1. The molecule has 0 unspecified atom stereocenters. The van der Waals surface area contributed by atoms with Crippen LogP contribution >= 0.6 is 11.6 Å². The van der Waals surface area contributed by atoms with Gasteiger partial charge in [-0.2, -0.15) is 0 Å². The van der Waals surface area contributed by atoms with Crippen molar-refractivity contribution in [1.82, 2.24) is 4.57 Å². The van der Waals surface area contributed by atoms with Crippen molar-refractivity contribution in [2.45, 2.75) is 13.8 Å². The molecule has 0 bridgehead atoms. The second-order valence-electron chi connectivity index (χ2n) is 3.92. The highest BCUT2D eigenvalue weighted by Gasteiger charge is 2.10. The SMILES string of the molecule is Cc1ccc(C)n1-c1ccc(C(=O)O)cc1Cl. The summed E-state index contributed by atoms with van der Waals surface area (Å²) in [5, 5.41) is 9.31. The lowest BCUT2D eigenvalue weighted by molar-refractivity contribution is 0.0697. The highest BCUT2D eigenvalue weighted by atomic mass is 35.5. The van der Waals surface area contributed by atoms with Crippen LogP contribution in [0.25, 0.3) is 5.69 Å². The second kappa shape index (κ2) is 4.26. The number of carbonyl (C=O) groups is 1. The molecule has 0 amide bonds. The highest BCUT2D eigenvalue weighted by molar-refractivity contribution is 6.32. The fourth-order valence-corrected chi connectivity index (χ4v) is 2.13. The van der Waals surface area contributed by atoms with Gasteiger partial charge in [-0.3, -0.25) is 0 Å². The summed E-state index contributed by atoms with van der Waals surface area (Å²) in [6, 6.07) is 8.75. The number of nitrogens with zero attached hydrogens (tertiary/aromatic N) is 1. The van der Waals surface area contributed by atoms with Gasteiger partial charge in [-0.05, 0) is 44.2 Å². The largest absolute Gasteiger partial charge is 0.478 e. The Morgan fingerprint density at radius 2 is 1.76 bits per heavy atom. The van der Waals surface area contributed by atoms with E-state index < -0.39 is 5.97 Å². The molecule has 2 aromatic rings. The zero-order chi connectivity index (χ0) is 12.6. The molecule has 0 radical (unpaired) electrons. The van der Waals surface area contributed by atoms with E-state index in [2.05, 4.69) is 0 Å². The third-order valence-electron chi connectivity index (χ3n) is 2.71. The van der Waals surface area contributed by atoms with E-state index in [4.69, 9.17) is 16.7 Å². The summed E-state index contributed by atoms with van der Waals surface area (Å²) in [6.45, 7) is 3.96. The number of carboxylic acids is 1. The van der Waals surface area contributed by atoms with Crippen molar-refractivity contribution in [2.75, 3.05) is 0 Å². The molecule has 0 spiro atoms. The van der Waals surface area contributed by atoms with Gasteiger partial charge in [0.05, 0.1) is 16.3 Å². The number of aryl methyl sites for hydroxylation is 2. The molecule has 0 atom stereocenters. The number of benzene rings is 1. The summed E-state index contributed by atoms with van der Waals surface area (Å²) < 4.78 is 1.99. The molecule has 3 nitrogen and oxygen atoms in total. The Morgan fingerprint density at radius 1 is 1.18 bits per heavy atom. The first-order chi connectivity index (χ1) is 8.00. The molecule has 1 aromatic carbocycles. The first-order valence-corrected chi connectivity index (χ1v) is 5.56. The minimum Gasteiger partial charge on any atom is -0.478 e. The number of aromatic nitrogens is 1. The first-order valence-electron chi connectivity index (χ1n) is 5.19. The van der Waals surface area contributed by atoms with Crippen LogP contribution in [-0.2, 0) is 0 Å². The van der Waals surface area contributed by atoms with Gasteiger partial charge in [-0.15, -0.1) is 0 Å². The lowest BCUT2D eigenvalue weighted by Gasteiger charge is -2.11. The standard InChI is InChI=1S/C13H12ClNO2/c1-8-3-4-9(2)15(8)12-6-5-10(13(16)17)7-11(12)14/h3-7H,1-2H3,(H,16,17). The molecule has 1 heterocycles. The maximum atomic E-state index is 10.8. The van der Waals surface area contributed by atoms with Crippen molar-refractivity contribution in [1.29, 1.82) is 0 Å². The Morgan fingerprint density at radius 3 is 2.24 bits per heavy atom. The van der Waals surface area contributed by atoms with E-state index in [1.165, 1.54) is 6.07 Å². The van der Waals surface area contributed by atoms with Crippen LogP contribution in [0.4, 0.5) is 0 Å². The Bertz CT molecular complexity index is 568. The fourth-order valence-electron chi connectivity index (χ4n) is 1.87. The quantitative estimate of drug-likeness (QED) is 0.886. The van der Waals surface area contributed by atoms with Crippen molar-refractivity contribution >= 4 is 17.6 Å². The van der Waals surface area contributed by atoms with Crippen LogP contribution in [0.15, 0.2) is 30.3 Å². The average molecular weight is 250 g/mol. The molecule has 0 aliphatic heterocycles. The van der Waals surface area contributed by atoms with Crippen molar-refractivity contribution in [3.63, 3.8) is 0 Å². The number of carboxylic acid groups (broad SMARTS) is 1. The molecule has 17 heavy (non-hydrogen) atoms. The summed E-state index contributed by atoms with van der Waals surface area (Å²) in [5.74, 6) is -0.973. The maximum absolute atomic E-state index is 10.8. The molecule has 0 fully saturated rings. The van der Waals surface area contributed by atoms with E-state index in [9.17, 15) is 4.79 Å². The summed E-state index contributed by atoms with van der Waals surface area (Å²) >= 11 is 6.12. The molecule has 4 heteroatoms. The number of rotatable bonds is 2. The van der Waals surface area contributed by atoms with Gasteiger partial charge in [0.1, 0.15) is 0 Å². The Kier molecular flexibility index (Phi) is 2.94. The van der Waals surface area contributed by atoms with Crippen LogP contribution in [0.3, 0.4) is 0 Å². The smallest absolute Gasteiger partial charge is 0.335 e. The van der Waals surface area contributed by atoms with E-state index >= 15 is 0 Å². The van der Waals surface area contributed by atoms with E-state index in [0.29, 0.717) is 5.02 Å². The van der Waals surface area contributed by atoms with Crippen molar-refractivity contribution < 1.29 is 9.90 Å². The van der Waals surface area contributed by atoms with Crippen LogP contribution in [0.1, 0.15) is 21.7 Å². The Labute approximate surface area is 104 Å². The minimum atomic E-state index is -0.973. The van der Waals surface area contributed by atoms with Gasteiger partial charge in [0.25, 0.3) is 0 Å². The van der Waals surface area contributed by atoms with Gasteiger partial charge >= 0.3 is 5.97 Å². The third-order valence-corrected chi connectivity index (χ3v) is 3.01. The molecule has 1 aromatic heterocycles. The number of halogens is 1. The van der Waals surface area contributed by atoms with Crippen molar-refractivity contribution in [3.8, 4) is 5.69 Å². The second-order valence-corrected chi connectivity index (χ2v) is 4.33. The highest BCUT2D eigenvalue weighted by Crippen LogP contribution is 2.25.